The molecule has 1 aromatic rings. The minimum Gasteiger partial charge on any atom is -0.354 e. The first-order valence-corrected chi connectivity index (χ1v) is 9.81. The summed E-state index contributed by atoms with van der Waals surface area (Å²) in [5.41, 5.74) is 0.589. The number of amides is 2. The molecule has 1 N–H and O–H groups in total. The summed E-state index contributed by atoms with van der Waals surface area (Å²) in [6.45, 7) is 7.18. The molecule has 1 aliphatic heterocycles. The fourth-order valence-electron chi connectivity index (χ4n) is 3.32. The highest BCUT2D eigenvalue weighted by Crippen LogP contribution is 2.18. The van der Waals surface area contributed by atoms with Gasteiger partial charge >= 0.3 is 6.03 Å². The van der Waals surface area contributed by atoms with Crippen LogP contribution in [-0.4, -0.2) is 48.1 Å². The molecule has 6 heteroatoms. The lowest BCUT2D eigenvalue weighted by Crippen LogP contribution is -2.45. The standard InChI is InChI=1S/C20H31N5O/c1-3-4-5-6-9-17(2)23-20(26)25-13-8-12-24(14-15-25)19-18(16-21)10-7-11-22-19/h7,10-11,17H,3-6,8-9,12-15H2,1-2H3,(H,23,26). The van der Waals surface area contributed by atoms with E-state index in [0.29, 0.717) is 18.7 Å². The Labute approximate surface area is 157 Å². The van der Waals surface area contributed by atoms with Crippen LogP contribution in [0.4, 0.5) is 10.6 Å². The molecule has 1 aromatic heterocycles. The lowest BCUT2D eigenvalue weighted by molar-refractivity contribution is 0.197. The highest BCUT2D eigenvalue weighted by molar-refractivity contribution is 5.74. The van der Waals surface area contributed by atoms with Gasteiger partial charge in [0.05, 0.1) is 5.56 Å². The molecule has 1 saturated heterocycles. The molecule has 0 saturated carbocycles. The van der Waals surface area contributed by atoms with Crippen LogP contribution in [0.2, 0.25) is 0 Å². The van der Waals surface area contributed by atoms with Gasteiger partial charge in [-0.1, -0.05) is 32.6 Å². The van der Waals surface area contributed by atoms with E-state index in [1.165, 1.54) is 25.7 Å². The Morgan fingerprint density at radius 2 is 2.15 bits per heavy atom. The molecule has 0 radical (unpaired) electrons. The summed E-state index contributed by atoms with van der Waals surface area (Å²) >= 11 is 0. The largest absolute Gasteiger partial charge is 0.354 e. The van der Waals surface area contributed by atoms with Crippen molar-refractivity contribution in [1.82, 2.24) is 15.2 Å². The molecular formula is C20H31N5O. The second-order valence-electron chi connectivity index (χ2n) is 7.01. The summed E-state index contributed by atoms with van der Waals surface area (Å²) in [5, 5.41) is 12.4. The predicted molar refractivity (Wildman–Crippen MR) is 104 cm³/mol. The van der Waals surface area contributed by atoms with Crippen LogP contribution in [0.25, 0.3) is 0 Å². The number of carbonyl (C=O) groups is 1. The van der Waals surface area contributed by atoms with Crippen molar-refractivity contribution in [3.63, 3.8) is 0 Å². The van der Waals surface area contributed by atoms with E-state index in [1.54, 1.807) is 18.3 Å². The van der Waals surface area contributed by atoms with Crippen LogP contribution in [0.3, 0.4) is 0 Å². The maximum atomic E-state index is 12.5. The zero-order valence-electron chi connectivity index (χ0n) is 16.1. The molecule has 0 spiro atoms. The lowest BCUT2D eigenvalue weighted by Gasteiger charge is -2.25. The smallest absolute Gasteiger partial charge is 0.317 e. The quantitative estimate of drug-likeness (QED) is 0.758. The molecule has 26 heavy (non-hydrogen) atoms. The van der Waals surface area contributed by atoms with Crippen LogP contribution in [0, 0.1) is 11.3 Å². The number of nitrogens with zero attached hydrogens (tertiary/aromatic N) is 4. The minimum absolute atomic E-state index is 0.0244. The van der Waals surface area contributed by atoms with E-state index in [4.69, 9.17) is 0 Å². The Kier molecular flexibility index (Phi) is 8.20. The third-order valence-corrected chi connectivity index (χ3v) is 4.85. The Bertz CT molecular complexity index is 612. The van der Waals surface area contributed by atoms with Gasteiger partial charge in [-0.25, -0.2) is 9.78 Å². The first-order chi connectivity index (χ1) is 12.7. The molecule has 2 heterocycles. The van der Waals surface area contributed by atoms with E-state index in [1.807, 2.05) is 4.90 Å². The van der Waals surface area contributed by atoms with E-state index in [-0.39, 0.29) is 12.1 Å². The van der Waals surface area contributed by atoms with E-state index >= 15 is 0 Å². The molecule has 0 aromatic carbocycles. The van der Waals surface area contributed by atoms with Crippen molar-refractivity contribution in [2.45, 2.75) is 58.4 Å². The summed E-state index contributed by atoms with van der Waals surface area (Å²) in [6, 6.07) is 6.01. The Morgan fingerprint density at radius 1 is 1.31 bits per heavy atom. The monoisotopic (exact) mass is 357 g/mol. The van der Waals surface area contributed by atoms with Crippen molar-refractivity contribution in [2.24, 2.45) is 0 Å². The Morgan fingerprint density at radius 3 is 2.92 bits per heavy atom. The van der Waals surface area contributed by atoms with Crippen LogP contribution in [-0.2, 0) is 0 Å². The van der Waals surface area contributed by atoms with E-state index in [9.17, 15) is 10.1 Å². The average molecular weight is 358 g/mol. The minimum atomic E-state index is 0.0244. The number of carbonyl (C=O) groups excluding carboxylic acids is 1. The number of hydrogen-bond acceptors (Lipinski definition) is 4. The first kappa shape index (κ1) is 20.0. The van der Waals surface area contributed by atoms with Gasteiger partial charge in [0, 0.05) is 38.4 Å². The number of rotatable bonds is 7. The van der Waals surface area contributed by atoms with Crippen molar-refractivity contribution in [2.75, 3.05) is 31.1 Å². The molecule has 1 aliphatic rings. The summed E-state index contributed by atoms with van der Waals surface area (Å²) in [4.78, 5) is 20.9. The van der Waals surface area contributed by atoms with Crippen LogP contribution in [0.5, 0.6) is 0 Å². The fourth-order valence-corrected chi connectivity index (χ4v) is 3.32. The number of aromatic nitrogens is 1. The number of anilines is 1. The van der Waals surface area contributed by atoms with Gasteiger partial charge in [0.25, 0.3) is 0 Å². The molecule has 6 nitrogen and oxygen atoms in total. The third kappa shape index (κ3) is 5.91. The second kappa shape index (κ2) is 10.6. The highest BCUT2D eigenvalue weighted by Gasteiger charge is 2.22. The van der Waals surface area contributed by atoms with Gasteiger partial charge in [0.1, 0.15) is 11.9 Å². The number of unbranched alkanes of at least 4 members (excludes halogenated alkanes) is 3. The number of nitriles is 1. The molecule has 2 amide bonds. The molecule has 2 rings (SSSR count). The van der Waals surface area contributed by atoms with Crippen molar-refractivity contribution < 1.29 is 4.79 Å². The molecular weight excluding hydrogens is 326 g/mol. The van der Waals surface area contributed by atoms with Gasteiger partial charge in [0.15, 0.2) is 0 Å². The Balaban J connectivity index is 1.84. The van der Waals surface area contributed by atoms with Crippen molar-refractivity contribution in [3.8, 4) is 6.07 Å². The van der Waals surface area contributed by atoms with Crippen LogP contribution >= 0.6 is 0 Å². The van der Waals surface area contributed by atoms with Gasteiger partial charge in [0.2, 0.25) is 0 Å². The normalized spacial score (nSPS) is 15.9. The SMILES string of the molecule is CCCCCCC(C)NC(=O)N1CCCN(c2ncccc2C#N)CC1. The van der Waals surface area contributed by atoms with Crippen molar-refractivity contribution in [1.29, 1.82) is 5.26 Å². The second-order valence-corrected chi connectivity index (χ2v) is 7.01. The van der Waals surface area contributed by atoms with Gasteiger partial charge in [-0.2, -0.15) is 5.26 Å². The van der Waals surface area contributed by atoms with Gasteiger partial charge < -0.3 is 15.1 Å². The molecule has 0 aliphatic carbocycles. The average Bonchev–Trinajstić information content (AvgIpc) is 2.91. The van der Waals surface area contributed by atoms with Crippen LogP contribution < -0.4 is 10.2 Å². The summed E-state index contributed by atoms with van der Waals surface area (Å²) < 4.78 is 0. The number of nitrogens with one attached hydrogen (secondary N) is 1. The number of pyridine rings is 1. The van der Waals surface area contributed by atoms with Crippen molar-refractivity contribution >= 4 is 11.8 Å². The first-order valence-electron chi connectivity index (χ1n) is 9.81. The zero-order chi connectivity index (χ0) is 18.8. The molecule has 1 unspecified atom stereocenters. The summed E-state index contributed by atoms with van der Waals surface area (Å²) in [6.07, 6.45) is 8.52. The molecule has 1 fully saturated rings. The van der Waals surface area contributed by atoms with Crippen LogP contribution in [0.15, 0.2) is 18.3 Å². The maximum absolute atomic E-state index is 12.5. The summed E-state index contributed by atoms with van der Waals surface area (Å²) in [7, 11) is 0. The Hall–Kier alpha value is -2.29. The molecule has 1 atom stereocenters. The predicted octanol–water partition coefficient (Wildman–Crippen LogP) is 3.53. The van der Waals surface area contributed by atoms with E-state index in [2.05, 4.69) is 35.1 Å². The zero-order valence-corrected chi connectivity index (χ0v) is 16.1. The fraction of sp³-hybridized carbons (Fsp3) is 0.650. The maximum Gasteiger partial charge on any atom is 0.317 e. The van der Waals surface area contributed by atoms with Gasteiger partial charge in [-0.15, -0.1) is 0 Å². The van der Waals surface area contributed by atoms with E-state index < -0.39 is 0 Å². The molecule has 0 bridgehead atoms. The lowest BCUT2D eigenvalue weighted by atomic mass is 10.1. The van der Waals surface area contributed by atoms with E-state index in [0.717, 1.165) is 31.7 Å². The van der Waals surface area contributed by atoms with Gasteiger partial charge in [-0.05, 0) is 31.9 Å². The molecule has 142 valence electrons. The highest BCUT2D eigenvalue weighted by atomic mass is 16.2. The van der Waals surface area contributed by atoms with Crippen molar-refractivity contribution in [3.05, 3.63) is 23.9 Å². The third-order valence-electron chi connectivity index (χ3n) is 4.85. The number of urea groups is 1. The topological polar surface area (TPSA) is 72.3 Å². The number of hydrogen-bond donors (Lipinski definition) is 1. The van der Waals surface area contributed by atoms with Crippen LogP contribution in [0.1, 0.15) is 57.9 Å². The summed E-state index contributed by atoms with van der Waals surface area (Å²) in [5.74, 6) is 0.724. The van der Waals surface area contributed by atoms with Gasteiger partial charge in [-0.3, -0.25) is 0 Å².